The number of carbonyl (C=O) groups is 1. The first kappa shape index (κ1) is 17.0. The van der Waals surface area contributed by atoms with Crippen LogP contribution in [0.15, 0.2) is 24.3 Å². The zero-order chi connectivity index (χ0) is 17.2. The Morgan fingerprint density at radius 2 is 2.00 bits per heavy atom. The van der Waals surface area contributed by atoms with E-state index in [1.807, 2.05) is 36.2 Å². The van der Waals surface area contributed by atoms with E-state index in [1.54, 1.807) is 0 Å². The Bertz CT molecular complexity index is 701. The number of hydrogen-bond acceptors (Lipinski definition) is 5. The van der Waals surface area contributed by atoms with Gasteiger partial charge in [-0.05, 0) is 25.0 Å². The number of amides is 1. The number of hydrogen-bond donors (Lipinski definition) is 1. The second kappa shape index (κ2) is 6.98. The Morgan fingerprint density at radius 3 is 2.75 bits per heavy atom. The second-order valence-electron chi connectivity index (χ2n) is 6.17. The predicted molar refractivity (Wildman–Crippen MR) is 91.7 cm³/mol. The highest BCUT2D eigenvalue weighted by atomic mass is 32.2. The van der Waals surface area contributed by atoms with Gasteiger partial charge in [0.05, 0.1) is 18.0 Å². The van der Waals surface area contributed by atoms with Crippen molar-refractivity contribution >= 4 is 21.6 Å². The van der Waals surface area contributed by atoms with E-state index in [1.165, 1.54) is 4.31 Å². The number of carbonyl (C=O) groups excluding carboxylic acids is 1. The van der Waals surface area contributed by atoms with Gasteiger partial charge in [0.15, 0.2) is 6.10 Å². The van der Waals surface area contributed by atoms with E-state index in [2.05, 4.69) is 5.32 Å². The first-order valence-corrected chi connectivity index (χ1v) is 9.81. The Kier molecular flexibility index (Phi) is 4.96. The second-order valence-corrected chi connectivity index (χ2v) is 8.26. The van der Waals surface area contributed by atoms with E-state index in [0.29, 0.717) is 25.4 Å². The van der Waals surface area contributed by atoms with Gasteiger partial charge in [-0.1, -0.05) is 12.1 Å². The summed E-state index contributed by atoms with van der Waals surface area (Å²) in [5.74, 6) is 0.307. The van der Waals surface area contributed by atoms with Crippen LogP contribution in [-0.4, -0.2) is 63.7 Å². The Morgan fingerprint density at radius 1 is 1.29 bits per heavy atom. The summed E-state index contributed by atoms with van der Waals surface area (Å²) in [6.45, 7) is 1.71. The minimum Gasteiger partial charge on any atom is -0.477 e. The van der Waals surface area contributed by atoms with Crippen LogP contribution in [0, 0.1) is 0 Å². The molecule has 0 unspecified atom stereocenters. The highest BCUT2D eigenvalue weighted by Crippen LogP contribution is 2.31. The topological polar surface area (TPSA) is 79.0 Å². The van der Waals surface area contributed by atoms with Crippen LogP contribution in [0.2, 0.25) is 0 Å². The fraction of sp³-hybridized carbons (Fsp3) is 0.562. The largest absolute Gasteiger partial charge is 0.477 e. The van der Waals surface area contributed by atoms with Crippen LogP contribution in [0.25, 0.3) is 0 Å². The molecule has 1 aromatic rings. The van der Waals surface area contributed by atoms with Gasteiger partial charge < -0.3 is 15.0 Å². The summed E-state index contributed by atoms with van der Waals surface area (Å²) in [6, 6.07) is 7.53. The van der Waals surface area contributed by atoms with Crippen LogP contribution in [0.3, 0.4) is 0 Å². The molecular weight excluding hydrogens is 330 g/mol. The van der Waals surface area contributed by atoms with E-state index >= 15 is 0 Å². The maximum absolute atomic E-state index is 12.3. The molecule has 0 bridgehead atoms. The number of para-hydroxylation sites is 2. The van der Waals surface area contributed by atoms with Gasteiger partial charge in [0.1, 0.15) is 5.75 Å². The SMILES string of the molecule is CN1C[C@@H](C(=O)NCCS(=O)(=O)N2CCCC2)Oc2ccccc21. The lowest BCUT2D eigenvalue weighted by Gasteiger charge is -2.32. The van der Waals surface area contributed by atoms with Crippen LogP contribution in [-0.2, 0) is 14.8 Å². The number of anilines is 1. The molecule has 1 aromatic carbocycles. The van der Waals surface area contributed by atoms with Crippen molar-refractivity contribution in [3.63, 3.8) is 0 Å². The first-order valence-electron chi connectivity index (χ1n) is 8.20. The number of sulfonamides is 1. The van der Waals surface area contributed by atoms with Crippen molar-refractivity contribution < 1.29 is 17.9 Å². The molecule has 0 radical (unpaired) electrons. The van der Waals surface area contributed by atoms with Crippen LogP contribution in [0.1, 0.15) is 12.8 Å². The molecule has 1 saturated heterocycles. The number of rotatable bonds is 5. The molecular formula is C16H23N3O4S. The van der Waals surface area contributed by atoms with Crippen molar-refractivity contribution in [2.75, 3.05) is 43.9 Å². The number of nitrogens with one attached hydrogen (secondary N) is 1. The molecule has 132 valence electrons. The quantitative estimate of drug-likeness (QED) is 0.830. The number of likely N-dealkylation sites (N-methyl/N-ethyl adjacent to an activating group) is 1. The summed E-state index contributed by atoms with van der Waals surface area (Å²) in [4.78, 5) is 14.3. The van der Waals surface area contributed by atoms with Crippen molar-refractivity contribution in [3.05, 3.63) is 24.3 Å². The van der Waals surface area contributed by atoms with E-state index in [0.717, 1.165) is 18.5 Å². The molecule has 0 spiro atoms. The third-order valence-electron chi connectivity index (χ3n) is 4.40. The zero-order valence-corrected chi connectivity index (χ0v) is 14.6. The van der Waals surface area contributed by atoms with Gasteiger partial charge in [0, 0.05) is 26.7 Å². The van der Waals surface area contributed by atoms with Gasteiger partial charge in [-0.2, -0.15) is 0 Å². The average Bonchev–Trinajstić information content (AvgIpc) is 3.10. The lowest BCUT2D eigenvalue weighted by atomic mass is 10.2. The Balaban J connectivity index is 1.53. The van der Waals surface area contributed by atoms with E-state index in [9.17, 15) is 13.2 Å². The molecule has 0 aliphatic carbocycles. The number of ether oxygens (including phenoxy) is 1. The van der Waals surface area contributed by atoms with Crippen LogP contribution >= 0.6 is 0 Å². The summed E-state index contributed by atoms with van der Waals surface area (Å²) >= 11 is 0. The minimum absolute atomic E-state index is 0.0715. The molecule has 3 rings (SSSR count). The van der Waals surface area contributed by atoms with Gasteiger partial charge in [-0.25, -0.2) is 12.7 Å². The Labute approximate surface area is 142 Å². The molecule has 7 nitrogen and oxygen atoms in total. The predicted octanol–water partition coefficient (Wildman–Crippen LogP) is 0.426. The molecule has 2 aliphatic heterocycles. The molecule has 0 saturated carbocycles. The van der Waals surface area contributed by atoms with Gasteiger partial charge in [0.25, 0.3) is 5.91 Å². The molecule has 0 aromatic heterocycles. The van der Waals surface area contributed by atoms with Crippen molar-refractivity contribution in [1.29, 1.82) is 0 Å². The van der Waals surface area contributed by atoms with E-state index < -0.39 is 16.1 Å². The third-order valence-corrected chi connectivity index (χ3v) is 6.27. The Hall–Kier alpha value is -1.80. The molecule has 1 fully saturated rings. The number of nitrogens with zero attached hydrogens (tertiary/aromatic N) is 2. The molecule has 2 heterocycles. The highest BCUT2D eigenvalue weighted by molar-refractivity contribution is 7.89. The van der Waals surface area contributed by atoms with Gasteiger partial charge in [0.2, 0.25) is 10.0 Å². The lowest BCUT2D eigenvalue weighted by Crippen LogP contribution is -2.49. The standard InChI is InChI=1S/C16H23N3O4S/c1-18-12-15(23-14-7-3-2-6-13(14)18)16(20)17-8-11-24(21,22)19-9-4-5-10-19/h2-3,6-7,15H,4-5,8-12H2,1H3,(H,17,20)/t15-/m0/s1. The number of benzene rings is 1. The van der Waals surface area contributed by atoms with Crippen molar-refractivity contribution in [1.82, 2.24) is 9.62 Å². The first-order chi connectivity index (χ1) is 11.5. The van der Waals surface area contributed by atoms with E-state index in [4.69, 9.17) is 4.74 Å². The minimum atomic E-state index is -3.28. The molecule has 1 amide bonds. The highest BCUT2D eigenvalue weighted by Gasteiger charge is 2.29. The average molecular weight is 353 g/mol. The summed E-state index contributed by atoms with van der Waals surface area (Å²) in [5, 5.41) is 2.69. The van der Waals surface area contributed by atoms with E-state index in [-0.39, 0.29) is 18.2 Å². The van der Waals surface area contributed by atoms with Crippen LogP contribution < -0.4 is 15.0 Å². The van der Waals surface area contributed by atoms with Crippen molar-refractivity contribution in [2.24, 2.45) is 0 Å². The molecule has 2 aliphatic rings. The van der Waals surface area contributed by atoms with Gasteiger partial charge in [-0.15, -0.1) is 0 Å². The molecule has 1 atom stereocenters. The molecule has 8 heteroatoms. The smallest absolute Gasteiger partial charge is 0.262 e. The maximum atomic E-state index is 12.3. The van der Waals surface area contributed by atoms with Gasteiger partial charge >= 0.3 is 0 Å². The monoisotopic (exact) mass is 353 g/mol. The fourth-order valence-corrected chi connectivity index (χ4v) is 4.49. The van der Waals surface area contributed by atoms with Crippen LogP contribution in [0.4, 0.5) is 5.69 Å². The summed E-state index contributed by atoms with van der Waals surface area (Å²) in [7, 11) is -1.38. The fourth-order valence-electron chi connectivity index (χ4n) is 3.06. The third kappa shape index (κ3) is 3.64. The van der Waals surface area contributed by atoms with Crippen molar-refractivity contribution in [2.45, 2.75) is 18.9 Å². The molecule has 1 N–H and O–H groups in total. The van der Waals surface area contributed by atoms with Gasteiger partial charge in [-0.3, -0.25) is 4.79 Å². The zero-order valence-electron chi connectivity index (χ0n) is 13.8. The lowest BCUT2D eigenvalue weighted by molar-refractivity contribution is -0.127. The van der Waals surface area contributed by atoms with Crippen LogP contribution in [0.5, 0.6) is 5.75 Å². The molecule has 24 heavy (non-hydrogen) atoms. The summed E-state index contributed by atoms with van der Waals surface area (Å²) in [6.07, 6.45) is 1.18. The normalized spacial score (nSPS) is 21.2. The number of fused-ring (bicyclic) bond motifs is 1. The maximum Gasteiger partial charge on any atom is 0.262 e. The summed E-state index contributed by atoms with van der Waals surface area (Å²) in [5.41, 5.74) is 0.943. The van der Waals surface area contributed by atoms with Crippen molar-refractivity contribution in [3.8, 4) is 5.75 Å². The summed E-state index contributed by atoms with van der Waals surface area (Å²) < 4.78 is 31.5.